The van der Waals surface area contributed by atoms with E-state index in [4.69, 9.17) is 0 Å². The Morgan fingerprint density at radius 3 is 2.39 bits per heavy atom. The molecule has 3 aromatic carbocycles. The zero-order valence-corrected chi connectivity index (χ0v) is 19.1. The predicted octanol–water partition coefficient (Wildman–Crippen LogP) is 4.42. The molecule has 0 saturated heterocycles. The Balaban J connectivity index is 1.48. The van der Waals surface area contributed by atoms with E-state index in [9.17, 15) is 13.2 Å². The van der Waals surface area contributed by atoms with Crippen LogP contribution in [0.5, 0.6) is 0 Å². The monoisotopic (exact) mass is 460 g/mol. The Morgan fingerprint density at radius 1 is 0.939 bits per heavy atom. The number of hydrogen-bond donors (Lipinski definition) is 3. The summed E-state index contributed by atoms with van der Waals surface area (Å²) in [5, 5.41) is 9.73. The molecular formula is C25H24N4O3S. The van der Waals surface area contributed by atoms with E-state index in [-0.39, 0.29) is 10.8 Å². The first-order valence-electron chi connectivity index (χ1n) is 10.4. The Kier molecular flexibility index (Phi) is 6.28. The molecule has 1 amide bonds. The topological polar surface area (TPSA) is 104 Å². The number of aromatic nitrogens is 2. The van der Waals surface area contributed by atoms with E-state index in [0.29, 0.717) is 23.4 Å². The first-order valence-corrected chi connectivity index (χ1v) is 11.9. The summed E-state index contributed by atoms with van der Waals surface area (Å²) in [5.41, 5.74) is 5.16. The fraction of sp³-hybridized carbons (Fsp3) is 0.120. The van der Waals surface area contributed by atoms with Crippen molar-refractivity contribution in [2.75, 3.05) is 4.72 Å². The summed E-state index contributed by atoms with van der Waals surface area (Å²) in [6.07, 6.45) is 1.69. The molecule has 0 atom stereocenters. The summed E-state index contributed by atoms with van der Waals surface area (Å²) in [6.45, 7) is 3.92. The van der Waals surface area contributed by atoms with Crippen molar-refractivity contribution in [1.29, 1.82) is 0 Å². The van der Waals surface area contributed by atoms with E-state index >= 15 is 0 Å². The van der Waals surface area contributed by atoms with Gasteiger partial charge in [-0.05, 0) is 60.4 Å². The van der Waals surface area contributed by atoms with Gasteiger partial charge in [-0.3, -0.25) is 14.6 Å². The Hall–Kier alpha value is -3.91. The SMILES string of the molecule is Cc1ccccc1NS(=O)(=O)c1ccc(C)c(C(=O)NCc2ccc(-c3ccn[nH]3)cc2)c1. The highest BCUT2D eigenvalue weighted by atomic mass is 32.2. The van der Waals surface area contributed by atoms with Crippen LogP contribution in [0.25, 0.3) is 11.3 Å². The number of rotatable bonds is 7. The molecule has 3 N–H and O–H groups in total. The van der Waals surface area contributed by atoms with E-state index in [0.717, 1.165) is 22.4 Å². The van der Waals surface area contributed by atoms with E-state index < -0.39 is 10.0 Å². The summed E-state index contributed by atoms with van der Waals surface area (Å²) >= 11 is 0. The van der Waals surface area contributed by atoms with Gasteiger partial charge in [0.05, 0.1) is 16.3 Å². The van der Waals surface area contributed by atoms with Crippen molar-refractivity contribution >= 4 is 21.6 Å². The van der Waals surface area contributed by atoms with E-state index in [1.54, 1.807) is 31.3 Å². The van der Waals surface area contributed by atoms with Gasteiger partial charge in [0.25, 0.3) is 15.9 Å². The van der Waals surface area contributed by atoms with Crippen molar-refractivity contribution < 1.29 is 13.2 Å². The minimum atomic E-state index is -3.84. The Morgan fingerprint density at radius 2 is 1.70 bits per heavy atom. The highest BCUT2D eigenvalue weighted by molar-refractivity contribution is 7.92. The van der Waals surface area contributed by atoms with Crippen LogP contribution in [0.2, 0.25) is 0 Å². The van der Waals surface area contributed by atoms with Crippen LogP contribution >= 0.6 is 0 Å². The number of aromatic amines is 1. The average molecular weight is 461 g/mol. The molecule has 1 heterocycles. The first kappa shape index (κ1) is 22.3. The lowest BCUT2D eigenvalue weighted by Gasteiger charge is -2.13. The van der Waals surface area contributed by atoms with Crippen LogP contribution in [0, 0.1) is 13.8 Å². The van der Waals surface area contributed by atoms with Crippen molar-refractivity contribution in [3.8, 4) is 11.3 Å². The molecule has 1 aromatic heterocycles. The molecule has 0 fully saturated rings. The zero-order chi connectivity index (χ0) is 23.4. The van der Waals surface area contributed by atoms with Crippen LogP contribution < -0.4 is 10.0 Å². The number of carbonyl (C=O) groups is 1. The number of para-hydroxylation sites is 1. The van der Waals surface area contributed by atoms with Gasteiger partial charge in [-0.2, -0.15) is 5.10 Å². The van der Waals surface area contributed by atoms with E-state index in [1.807, 2.05) is 49.4 Å². The van der Waals surface area contributed by atoms with E-state index in [1.165, 1.54) is 12.1 Å². The van der Waals surface area contributed by atoms with Gasteiger partial charge in [0.15, 0.2) is 0 Å². The van der Waals surface area contributed by atoms with E-state index in [2.05, 4.69) is 20.2 Å². The number of nitrogens with zero attached hydrogens (tertiary/aromatic N) is 1. The molecule has 33 heavy (non-hydrogen) atoms. The lowest BCUT2D eigenvalue weighted by Crippen LogP contribution is -2.24. The zero-order valence-electron chi connectivity index (χ0n) is 18.3. The average Bonchev–Trinajstić information content (AvgIpc) is 3.34. The molecule has 7 nitrogen and oxygen atoms in total. The summed E-state index contributed by atoms with van der Waals surface area (Å²) in [7, 11) is -3.84. The summed E-state index contributed by atoms with van der Waals surface area (Å²) in [6, 6.07) is 21.3. The summed E-state index contributed by atoms with van der Waals surface area (Å²) in [5.74, 6) is -0.335. The highest BCUT2D eigenvalue weighted by Gasteiger charge is 2.19. The smallest absolute Gasteiger partial charge is 0.261 e. The van der Waals surface area contributed by atoms with Gasteiger partial charge < -0.3 is 5.32 Å². The molecule has 0 bridgehead atoms. The number of amides is 1. The quantitative estimate of drug-likeness (QED) is 0.380. The van der Waals surface area contributed by atoms with Crippen molar-refractivity contribution in [3.05, 3.63) is 101 Å². The normalized spacial score (nSPS) is 11.2. The van der Waals surface area contributed by atoms with Crippen LogP contribution in [-0.2, 0) is 16.6 Å². The molecule has 0 saturated carbocycles. The molecule has 0 spiro atoms. The number of benzene rings is 3. The number of hydrogen-bond acceptors (Lipinski definition) is 4. The highest BCUT2D eigenvalue weighted by Crippen LogP contribution is 2.22. The standard InChI is InChI=1S/C25H24N4O3S/c1-17-7-12-21(33(31,32)29-23-6-4-3-5-18(23)2)15-22(17)25(30)26-16-19-8-10-20(11-9-19)24-13-14-27-28-24/h3-15,29H,16H2,1-2H3,(H,26,30)(H,27,28). The third-order valence-electron chi connectivity index (χ3n) is 5.37. The van der Waals surface area contributed by atoms with Crippen molar-refractivity contribution in [3.63, 3.8) is 0 Å². The van der Waals surface area contributed by atoms with Crippen molar-refractivity contribution in [1.82, 2.24) is 15.5 Å². The van der Waals surface area contributed by atoms with Crippen LogP contribution in [0.15, 0.2) is 83.9 Å². The molecule has 168 valence electrons. The van der Waals surface area contributed by atoms with Crippen molar-refractivity contribution in [2.45, 2.75) is 25.3 Å². The second-order valence-corrected chi connectivity index (χ2v) is 9.43. The maximum atomic E-state index is 12.9. The molecule has 0 unspecified atom stereocenters. The van der Waals surface area contributed by atoms with Gasteiger partial charge in [0.1, 0.15) is 0 Å². The van der Waals surface area contributed by atoms with Crippen LogP contribution in [0.1, 0.15) is 27.0 Å². The Bertz CT molecular complexity index is 1380. The first-order chi connectivity index (χ1) is 15.8. The minimum absolute atomic E-state index is 0.0328. The van der Waals surface area contributed by atoms with Crippen LogP contribution in [0.3, 0.4) is 0 Å². The molecule has 0 aliphatic heterocycles. The van der Waals surface area contributed by atoms with Crippen LogP contribution in [0.4, 0.5) is 5.69 Å². The van der Waals surface area contributed by atoms with Gasteiger partial charge in [0, 0.05) is 18.3 Å². The largest absolute Gasteiger partial charge is 0.348 e. The number of aryl methyl sites for hydroxylation is 2. The fourth-order valence-corrected chi connectivity index (χ4v) is 4.56. The second-order valence-electron chi connectivity index (χ2n) is 7.75. The third-order valence-corrected chi connectivity index (χ3v) is 6.74. The van der Waals surface area contributed by atoms with Gasteiger partial charge in [-0.25, -0.2) is 8.42 Å². The lowest BCUT2D eigenvalue weighted by molar-refractivity contribution is 0.0950. The molecule has 0 aliphatic carbocycles. The number of nitrogens with one attached hydrogen (secondary N) is 3. The molecule has 0 aliphatic rings. The maximum absolute atomic E-state index is 12.9. The van der Waals surface area contributed by atoms with Gasteiger partial charge in [0.2, 0.25) is 0 Å². The minimum Gasteiger partial charge on any atom is -0.348 e. The van der Waals surface area contributed by atoms with Gasteiger partial charge in [-0.1, -0.05) is 48.5 Å². The molecular weight excluding hydrogens is 436 g/mol. The van der Waals surface area contributed by atoms with Gasteiger partial charge in [-0.15, -0.1) is 0 Å². The molecule has 0 radical (unpaired) electrons. The summed E-state index contributed by atoms with van der Waals surface area (Å²) < 4.78 is 28.4. The van der Waals surface area contributed by atoms with Gasteiger partial charge >= 0.3 is 0 Å². The fourth-order valence-electron chi connectivity index (χ4n) is 3.40. The predicted molar refractivity (Wildman–Crippen MR) is 128 cm³/mol. The second kappa shape index (κ2) is 9.30. The molecule has 4 aromatic rings. The van der Waals surface area contributed by atoms with Crippen LogP contribution in [-0.4, -0.2) is 24.5 Å². The maximum Gasteiger partial charge on any atom is 0.261 e. The number of H-pyrrole nitrogens is 1. The number of anilines is 1. The third kappa shape index (κ3) is 5.12. The molecule has 4 rings (SSSR count). The molecule has 8 heteroatoms. The number of sulfonamides is 1. The summed E-state index contributed by atoms with van der Waals surface area (Å²) in [4.78, 5) is 12.9. The Labute approximate surface area is 192 Å². The number of carbonyl (C=O) groups excluding carboxylic acids is 1. The van der Waals surface area contributed by atoms with Crippen molar-refractivity contribution in [2.24, 2.45) is 0 Å². The lowest BCUT2D eigenvalue weighted by atomic mass is 10.1.